The van der Waals surface area contributed by atoms with Crippen molar-refractivity contribution in [2.24, 2.45) is 0 Å². The van der Waals surface area contributed by atoms with E-state index in [1.807, 2.05) is 0 Å². The first-order valence-electron chi connectivity index (χ1n) is 3.86. The summed E-state index contributed by atoms with van der Waals surface area (Å²) in [5, 5.41) is 8.77. The van der Waals surface area contributed by atoms with Crippen LogP contribution in [0.5, 0.6) is 0 Å². The number of aromatic carboxylic acids is 1. The minimum absolute atomic E-state index is 0.253. The molecule has 3 nitrogen and oxygen atoms in total. The molecule has 0 unspecified atom stereocenters. The lowest BCUT2D eigenvalue weighted by Crippen LogP contribution is -2.03. The van der Waals surface area contributed by atoms with E-state index in [0.717, 1.165) is 11.8 Å². The predicted octanol–water partition coefficient (Wildman–Crippen LogP) is 1.81. The smallest absolute Gasteiger partial charge is 0.335 e. The fourth-order valence-electron chi connectivity index (χ4n) is 1.20. The summed E-state index contributed by atoms with van der Waals surface area (Å²) in [4.78, 5) is 21.2. The average Bonchev–Trinajstić information content (AvgIpc) is 2.09. The number of carbonyl (C=O) groups excluding carboxylic acids is 1. The Morgan fingerprint density at radius 3 is 2.38 bits per heavy atom. The van der Waals surface area contributed by atoms with E-state index in [4.69, 9.17) is 5.11 Å². The number of benzene rings is 1. The largest absolute Gasteiger partial charge is 0.478 e. The normalized spacial score (nSPS) is 9.69. The van der Waals surface area contributed by atoms with Crippen LogP contribution in [0.1, 0.15) is 31.8 Å². The molecule has 0 fully saturated rings. The Morgan fingerprint density at radius 1 is 1.31 bits per heavy atom. The summed E-state index contributed by atoms with van der Waals surface area (Å²) in [7, 11) is 0. The zero-order chi connectivity index (χ0) is 10.0. The number of carboxylic acid groups (broad SMARTS) is 1. The van der Waals surface area contributed by atoms with Gasteiger partial charge in [0.05, 0.1) is 5.56 Å². The van der Waals surface area contributed by atoms with E-state index < -0.39 is 5.97 Å². The van der Waals surface area contributed by atoms with Gasteiger partial charge in [0.15, 0.2) is 0 Å². The Balaban J connectivity index is 3.39. The summed E-state index contributed by atoms with van der Waals surface area (Å²) in [5.41, 5.74) is 2.18. The molecule has 1 aromatic rings. The van der Waals surface area contributed by atoms with Gasteiger partial charge in [0, 0.05) is 5.56 Å². The third kappa shape index (κ3) is 1.59. The molecule has 0 aliphatic rings. The SMILES string of the molecule is Cc1c(C=O)ccc(C(=O)O)c1C. The number of carboxylic acids is 1. The lowest BCUT2D eigenvalue weighted by molar-refractivity contribution is 0.0695. The van der Waals surface area contributed by atoms with Gasteiger partial charge in [-0.3, -0.25) is 4.79 Å². The van der Waals surface area contributed by atoms with Gasteiger partial charge in [-0.05, 0) is 31.0 Å². The topological polar surface area (TPSA) is 54.4 Å². The van der Waals surface area contributed by atoms with Crippen LogP contribution in [-0.2, 0) is 0 Å². The maximum atomic E-state index is 10.7. The molecule has 0 aliphatic heterocycles. The molecule has 1 rings (SSSR count). The van der Waals surface area contributed by atoms with Gasteiger partial charge in [0.2, 0.25) is 0 Å². The molecule has 0 saturated heterocycles. The quantitative estimate of drug-likeness (QED) is 0.702. The van der Waals surface area contributed by atoms with Crippen molar-refractivity contribution in [1.29, 1.82) is 0 Å². The van der Waals surface area contributed by atoms with Crippen molar-refractivity contribution in [3.63, 3.8) is 0 Å². The molecule has 0 amide bonds. The van der Waals surface area contributed by atoms with E-state index in [0.29, 0.717) is 11.1 Å². The summed E-state index contributed by atoms with van der Waals surface area (Å²) in [6.45, 7) is 3.44. The fourth-order valence-corrected chi connectivity index (χ4v) is 1.20. The van der Waals surface area contributed by atoms with Gasteiger partial charge in [-0.15, -0.1) is 0 Å². The molecule has 0 aromatic heterocycles. The van der Waals surface area contributed by atoms with Crippen molar-refractivity contribution in [2.75, 3.05) is 0 Å². The summed E-state index contributed by atoms with van der Waals surface area (Å²) in [6.07, 6.45) is 0.730. The van der Waals surface area contributed by atoms with Crippen molar-refractivity contribution in [3.05, 3.63) is 34.4 Å². The van der Waals surface area contributed by atoms with Crippen LogP contribution in [0.4, 0.5) is 0 Å². The minimum Gasteiger partial charge on any atom is -0.478 e. The molecule has 68 valence electrons. The Kier molecular flexibility index (Phi) is 2.46. The third-order valence-electron chi connectivity index (χ3n) is 2.19. The maximum Gasteiger partial charge on any atom is 0.335 e. The zero-order valence-corrected chi connectivity index (χ0v) is 7.50. The molecular weight excluding hydrogens is 168 g/mol. The number of hydrogen-bond donors (Lipinski definition) is 1. The van der Waals surface area contributed by atoms with Crippen LogP contribution in [0.15, 0.2) is 12.1 Å². The first-order valence-corrected chi connectivity index (χ1v) is 3.86. The summed E-state index contributed by atoms with van der Waals surface area (Å²) >= 11 is 0. The van der Waals surface area contributed by atoms with E-state index in [-0.39, 0.29) is 5.56 Å². The summed E-state index contributed by atoms with van der Waals surface area (Å²) in [5.74, 6) is -0.960. The number of rotatable bonds is 2. The van der Waals surface area contributed by atoms with E-state index in [2.05, 4.69) is 0 Å². The molecule has 13 heavy (non-hydrogen) atoms. The van der Waals surface area contributed by atoms with E-state index in [9.17, 15) is 9.59 Å². The standard InChI is InChI=1S/C10H10O3/c1-6-7(2)9(10(12)13)4-3-8(6)5-11/h3-5H,1-2H3,(H,12,13). The lowest BCUT2D eigenvalue weighted by Gasteiger charge is -2.06. The van der Waals surface area contributed by atoms with Crippen LogP contribution < -0.4 is 0 Å². The van der Waals surface area contributed by atoms with Gasteiger partial charge in [-0.25, -0.2) is 4.79 Å². The van der Waals surface area contributed by atoms with E-state index >= 15 is 0 Å². The highest BCUT2D eigenvalue weighted by molar-refractivity contribution is 5.91. The van der Waals surface area contributed by atoms with E-state index in [1.54, 1.807) is 13.8 Å². The van der Waals surface area contributed by atoms with Gasteiger partial charge in [0.1, 0.15) is 6.29 Å². The first kappa shape index (κ1) is 9.45. The maximum absolute atomic E-state index is 10.7. The number of aldehydes is 1. The molecule has 0 atom stereocenters. The lowest BCUT2D eigenvalue weighted by atomic mass is 9.99. The second kappa shape index (κ2) is 3.39. The van der Waals surface area contributed by atoms with Crippen LogP contribution in [0, 0.1) is 13.8 Å². The van der Waals surface area contributed by atoms with Crippen molar-refractivity contribution >= 4 is 12.3 Å². The Bertz CT molecular complexity index is 367. The van der Waals surface area contributed by atoms with Crippen molar-refractivity contribution in [2.45, 2.75) is 13.8 Å². The second-order valence-electron chi connectivity index (χ2n) is 2.88. The van der Waals surface area contributed by atoms with Crippen molar-refractivity contribution in [1.82, 2.24) is 0 Å². The molecule has 1 N–H and O–H groups in total. The molecule has 3 heteroatoms. The molecule has 1 aromatic carbocycles. The van der Waals surface area contributed by atoms with Crippen molar-refractivity contribution < 1.29 is 14.7 Å². The zero-order valence-electron chi connectivity index (χ0n) is 7.50. The predicted molar refractivity (Wildman–Crippen MR) is 48.3 cm³/mol. The van der Waals surface area contributed by atoms with Gasteiger partial charge in [0.25, 0.3) is 0 Å². The van der Waals surface area contributed by atoms with Gasteiger partial charge >= 0.3 is 5.97 Å². The highest BCUT2D eigenvalue weighted by Gasteiger charge is 2.10. The van der Waals surface area contributed by atoms with Crippen LogP contribution in [0.25, 0.3) is 0 Å². The molecule has 0 bridgehead atoms. The average molecular weight is 178 g/mol. The van der Waals surface area contributed by atoms with E-state index in [1.165, 1.54) is 12.1 Å². The van der Waals surface area contributed by atoms with Crippen LogP contribution in [0.3, 0.4) is 0 Å². The monoisotopic (exact) mass is 178 g/mol. The second-order valence-corrected chi connectivity index (χ2v) is 2.88. The number of hydrogen-bond acceptors (Lipinski definition) is 2. The molecular formula is C10H10O3. The van der Waals surface area contributed by atoms with Crippen LogP contribution in [0.2, 0.25) is 0 Å². The molecule has 0 saturated carbocycles. The van der Waals surface area contributed by atoms with Gasteiger partial charge < -0.3 is 5.11 Å². The summed E-state index contributed by atoms with van der Waals surface area (Å²) in [6, 6.07) is 2.98. The molecule has 0 radical (unpaired) electrons. The first-order chi connectivity index (χ1) is 6.07. The molecule has 0 heterocycles. The van der Waals surface area contributed by atoms with Gasteiger partial charge in [-0.1, -0.05) is 6.07 Å². The third-order valence-corrected chi connectivity index (χ3v) is 2.19. The highest BCUT2D eigenvalue weighted by Crippen LogP contribution is 2.16. The Labute approximate surface area is 76.0 Å². The van der Waals surface area contributed by atoms with Crippen LogP contribution in [-0.4, -0.2) is 17.4 Å². The van der Waals surface area contributed by atoms with Crippen LogP contribution >= 0.6 is 0 Å². The fraction of sp³-hybridized carbons (Fsp3) is 0.200. The Hall–Kier alpha value is -1.64. The number of carbonyl (C=O) groups is 2. The summed E-state index contributed by atoms with van der Waals surface area (Å²) < 4.78 is 0. The van der Waals surface area contributed by atoms with Crippen molar-refractivity contribution in [3.8, 4) is 0 Å². The molecule has 0 aliphatic carbocycles. The minimum atomic E-state index is -0.960. The van der Waals surface area contributed by atoms with Gasteiger partial charge in [-0.2, -0.15) is 0 Å². The Morgan fingerprint density at radius 2 is 1.92 bits per heavy atom. The highest BCUT2D eigenvalue weighted by atomic mass is 16.4. The molecule has 0 spiro atoms.